The number of oxime groups is 1. The van der Waals surface area contributed by atoms with Crippen molar-refractivity contribution in [3.05, 3.63) is 40.9 Å². The third-order valence-electron chi connectivity index (χ3n) is 5.67. The molecule has 2 aromatic rings. The second-order valence-corrected chi connectivity index (χ2v) is 11.4. The van der Waals surface area contributed by atoms with Gasteiger partial charge >= 0.3 is 0 Å². The molecule has 3 N–H and O–H groups in total. The van der Waals surface area contributed by atoms with Crippen molar-refractivity contribution in [3.63, 3.8) is 0 Å². The molecule has 3 atom stereocenters. The van der Waals surface area contributed by atoms with Gasteiger partial charge in [-0.25, -0.2) is 18.1 Å². The Labute approximate surface area is 202 Å². The molecule has 10 nitrogen and oxygen atoms in total. The van der Waals surface area contributed by atoms with Gasteiger partial charge in [0.1, 0.15) is 6.10 Å². The summed E-state index contributed by atoms with van der Waals surface area (Å²) in [5.41, 5.74) is 0.382. The molecule has 2 heterocycles. The number of nitrogens with zero attached hydrogens (tertiary/aromatic N) is 2. The van der Waals surface area contributed by atoms with E-state index in [4.69, 9.17) is 9.57 Å². The molecule has 0 radical (unpaired) electrons. The molecule has 0 spiro atoms. The Balaban J connectivity index is 1.50. The normalized spacial score (nSPS) is 23.2. The highest BCUT2D eigenvalue weighted by atomic mass is 32.2. The number of anilines is 1. The van der Waals surface area contributed by atoms with Gasteiger partial charge in [-0.15, -0.1) is 11.3 Å². The predicted octanol–water partition coefficient (Wildman–Crippen LogP) is 2.18. The third-order valence-corrected chi connectivity index (χ3v) is 7.94. The Morgan fingerprint density at radius 1 is 1.29 bits per heavy atom. The second kappa shape index (κ2) is 10.9. The van der Waals surface area contributed by atoms with Gasteiger partial charge in [-0.1, -0.05) is 17.3 Å². The van der Waals surface area contributed by atoms with E-state index in [0.717, 1.165) is 17.7 Å². The highest BCUT2D eigenvalue weighted by molar-refractivity contribution is 7.89. The number of carbonyl (C=O) groups excluding carboxylic acids is 1. The highest BCUT2D eigenvalue weighted by Gasteiger charge is 2.26. The van der Waals surface area contributed by atoms with E-state index in [0.29, 0.717) is 36.6 Å². The zero-order valence-electron chi connectivity index (χ0n) is 18.8. The minimum Gasteiger partial charge on any atom is -0.393 e. The molecule has 34 heavy (non-hydrogen) atoms. The molecule has 1 amide bonds. The first-order chi connectivity index (χ1) is 16.3. The van der Waals surface area contributed by atoms with E-state index < -0.39 is 22.0 Å². The summed E-state index contributed by atoms with van der Waals surface area (Å²) in [5.74, 6) is -0.528. The van der Waals surface area contributed by atoms with Crippen LogP contribution in [0.25, 0.3) is 0 Å². The van der Waals surface area contributed by atoms with Crippen molar-refractivity contribution in [2.45, 2.75) is 62.2 Å². The zero-order valence-corrected chi connectivity index (χ0v) is 20.4. The predicted molar refractivity (Wildman–Crippen MR) is 127 cm³/mol. The summed E-state index contributed by atoms with van der Waals surface area (Å²) in [5, 5.41) is 16.9. The number of amides is 1. The number of sulfonamides is 1. The molecule has 0 bridgehead atoms. The maximum Gasteiger partial charge on any atom is 0.280 e. The molecule has 1 aliphatic carbocycles. The topological polar surface area (TPSA) is 139 Å². The summed E-state index contributed by atoms with van der Waals surface area (Å²) in [6.07, 6.45) is 4.25. The first-order valence-electron chi connectivity index (χ1n) is 11.2. The van der Waals surface area contributed by atoms with Gasteiger partial charge < -0.3 is 14.7 Å². The Morgan fingerprint density at radius 2 is 2.09 bits per heavy atom. The van der Waals surface area contributed by atoms with Crippen LogP contribution in [0.3, 0.4) is 0 Å². The fourth-order valence-corrected chi connectivity index (χ4v) is 5.54. The first-order valence-corrected chi connectivity index (χ1v) is 13.5. The van der Waals surface area contributed by atoms with Gasteiger partial charge in [0.2, 0.25) is 10.0 Å². The van der Waals surface area contributed by atoms with Crippen molar-refractivity contribution >= 4 is 38.1 Å². The van der Waals surface area contributed by atoms with Gasteiger partial charge in [-0.2, -0.15) is 0 Å². The summed E-state index contributed by atoms with van der Waals surface area (Å²) in [7, 11) is -3.73. The molecule has 1 aromatic carbocycles. The lowest BCUT2D eigenvalue weighted by Gasteiger charge is -2.13. The van der Waals surface area contributed by atoms with E-state index in [1.165, 1.54) is 35.6 Å². The summed E-state index contributed by atoms with van der Waals surface area (Å²) < 4.78 is 33.3. The molecule has 1 saturated carbocycles. The average Bonchev–Trinajstić information content (AvgIpc) is 3.56. The van der Waals surface area contributed by atoms with Crippen molar-refractivity contribution in [2.75, 3.05) is 18.5 Å². The third kappa shape index (κ3) is 6.39. The van der Waals surface area contributed by atoms with Gasteiger partial charge in [0.15, 0.2) is 10.8 Å². The molecule has 0 unspecified atom stereocenters. The monoisotopic (exact) mass is 508 g/mol. The number of aliphatic hydroxyl groups is 1. The van der Waals surface area contributed by atoms with Crippen LogP contribution in [0.5, 0.6) is 0 Å². The van der Waals surface area contributed by atoms with Crippen LogP contribution < -0.4 is 10.0 Å². The van der Waals surface area contributed by atoms with Crippen molar-refractivity contribution < 1.29 is 27.9 Å². The number of hydrogen-bond donors (Lipinski definition) is 3. The molecule has 2 aliphatic rings. The number of aliphatic hydroxyl groups excluding tert-OH is 1. The lowest BCUT2D eigenvalue weighted by molar-refractivity contribution is -0.110. The number of rotatable bonds is 9. The maximum atomic E-state index is 13.0. The Hall–Kier alpha value is -2.38. The van der Waals surface area contributed by atoms with Crippen LogP contribution in [0, 0.1) is 6.92 Å². The second-order valence-electron chi connectivity index (χ2n) is 8.38. The molecule has 4 rings (SSSR count). The van der Waals surface area contributed by atoms with Crippen LogP contribution in [-0.4, -0.2) is 61.6 Å². The lowest BCUT2D eigenvalue weighted by atomic mass is 10.1. The largest absolute Gasteiger partial charge is 0.393 e. The summed E-state index contributed by atoms with van der Waals surface area (Å²) in [6.45, 7) is 2.74. The Morgan fingerprint density at radius 3 is 2.71 bits per heavy atom. The highest BCUT2D eigenvalue weighted by Crippen LogP contribution is 2.23. The van der Waals surface area contributed by atoms with Crippen LogP contribution in [0.4, 0.5) is 5.13 Å². The van der Waals surface area contributed by atoms with Crippen molar-refractivity contribution in [3.8, 4) is 0 Å². The van der Waals surface area contributed by atoms with E-state index in [1.807, 2.05) is 6.92 Å². The van der Waals surface area contributed by atoms with Crippen molar-refractivity contribution in [2.24, 2.45) is 5.16 Å². The summed E-state index contributed by atoms with van der Waals surface area (Å²) in [4.78, 5) is 23.7. The van der Waals surface area contributed by atoms with E-state index >= 15 is 0 Å². The number of carbonyl (C=O) groups is 1. The fraction of sp³-hybridized carbons (Fsp3) is 0.500. The van der Waals surface area contributed by atoms with Gasteiger partial charge in [0.25, 0.3) is 5.91 Å². The van der Waals surface area contributed by atoms with Gasteiger partial charge in [-0.05, 0) is 44.7 Å². The maximum absolute atomic E-state index is 13.0. The van der Waals surface area contributed by atoms with Crippen LogP contribution in [0.1, 0.15) is 42.5 Å². The zero-order chi connectivity index (χ0) is 24.1. The van der Waals surface area contributed by atoms with Gasteiger partial charge in [0.05, 0.1) is 17.1 Å². The van der Waals surface area contributed by atoms with E-state index in [-0.39, 0.29) is 29.4 Å². The fourth-order valence-electron chi connectivity index (χ4n) is 3.82. The number of ether oxygens (including phenoxy) is 1. The van der Waals surface area contributed by atoms with Gasteiger partial charge in [0, 0.05) is 36.2 Å². The minimum absolute atomic E-state index is 0.00879. The molecule has 2 fully saturated rings. The van der Waals surface area contributed by atoms with Crippen LogP contribution >= 0.6 is 11.3 Å². The molecule has 1 aromatic heterocycles. The average molecular weight is 509 g/mol. The van der Waals surface area contributed by atoms with Crippen LogP contribution in [0.15, 0.2) is 40.5 Å². The number of aryl methyl sites for hydroxylation is 1. The molecule has 1 saturated heterocycles. The Bertz CT molecular complexity index is 1130. The van der Waals surface area contributed by atoms with E-state index in [2.05, 4.69) is 20.2 Å². The quantitative estimate of drug-likeness (QED) is 0.348. The minimum atomic E-state index is -3.73. The molecule has 184 valence electrons. The standard InChI is InChI=1S/C22H28N4O6S2/c1-14-12-23-22(33-14)25-21(28)20(26-32-17-7-6-16(27)11-17)15-4-8-19(9-5-15)34(29,30)24-13-18-3-2-10-31-18/h4-5,8-9,12,16-18,24,27H,2-3,6-7,10-11,13H2,1H3,(H,23,25,28)/b26-20+/t16-,17-,18-/m1/s1. The Kier molecular flexibility index (Phi) is 7.94. The van der Waals surface area contributed by atoms with E-state index in [9.17, 15) is 18.3 Å². The summed E-state index contributed by atoms with van der Waals surface area (Å²) in [6, 6.07) is 5.86. The number of nitrogens with one attached hydrogen (secondary N) is 2. The van der Waals surface area contributed by atoms with E-state index in [1.54, 1.807) is 6.20 Å². The van der Waals surface area contributed by atoms with Crippen molar-refractivity contribution in [1.29, 1.82) is 0 Å². The molecule has 12 heteroatoms. The number of aromatic nitrogens is 1. The van der Waals surface area contributed by atoms with Crippen LogP contribution in [-0.2, 0) is 24.4 Å². The SMILES string of the molecule is Cc1cnc(NC(=O)/C(=N/O[C@@H]2CC[C@@H](O)C2)c2ccc(S(=O)(=O)NC[C@H]3CCCO3)cc2)s1. The number of benzene rings is 1. The number of thiazole rings is 1. The molecular weight excluding hydrogens is 480 g/mol. The molecular formula is C22H28N4O6S2. The smallest absolute Gasteiger partial charge is 0.280 e. The van der Waals surface area contributed by atoms with Gasteiger partial charge in [-0.3, -0.25) is 10.1 Å². The summed E-state index contributed by atoms with van der Waals surface area (Å²) >= 11 is 1.32. The van der Waals surface area contributed by atoms with Crippen LogP contribution in [0.2, 0.25) is 0 Å². The number of hydrogen-bond acceptors (Lipinski definition) is 9. The lowest BCUT2D eigenvalue weighted by Crippen LogP contribution is -2.31. The molecule has 1 aliphatic heterocycles. The van der Waals surface area contributed by atoms with Crippen molar-refractivity contribution in [1.82, 2.24) is 9.71 Å². The first kappa shape index (κ1) is 24.7.